The maximum atomic E-state index is 5.10. The average Bonchev–Trinajstić information content (AvgIpc) is 3.85. The third-order valence-electron chi connectivity index (χ3n) is 9.25. The number of aromatic nitrogens is 8. The second-order valence-corrected chi connectivity index (χ2v) is 12.1. The summed E-state index contributed by atoms with van der Waals surface area (Å²) >= 11 is 0. The summed E-state index contributed by atoms with van der Waals surface area (Å²) in [6.45, 7) is 0. The molecule has 3 aromatic heterocycles. The van der Waals surface area contributed by atoms with Crippen LogP contribution in [0, 0.1) is 0 Å². The largest absolute Gasteiger partial charge is 2.00 e. The van der Waals surface area contributed by atoms with Crippen molar-refractivity contribution in [2.45, 2.75) is 0 Å². The first-order valence-corrected chi connectivity index (χ1v) is 15.7. The van der Waals surface area contributed by atoms with Gasteiger partial charge < -0.3 is 29.9 Å². The van der Waals surface area contributed by atoms with Gasteiger partial charge in [-0.3, -0.25) is 0 Å². The van der Waals surface area contributed by atoms with Gasteiger partial charge in [0.05, 0.1) is 23.3 Å². The molecule has 222 valence electrons. The van der Waals surface area contributed by atoms with Crippen molar-refractivity contribution >= 4 is 65.7 Å². The van der Waals surface area contributed by atoms with E-state index in [1.165, 1.54) is 0 Å². The first kappa shape index (κ1) is 27.9. The molecule has 2 aliphatic rings. The van der Waals surface area contributed by atoms with Crippen LogP contribution < -0.4 is 9.97 Å². The molecule has 0 aliphatic carbocycles. The van der Waals surface area contributed by atoms with Crippen molar-refractivity contribution in [1.82, 2.24) is 39.9 Å². The summed E-state index contributed by atoms with van der Waals surface area (Å²) < 4.78 is 0. The van der Waals surface area contributed by atoms with E-state index >= 15 is 0 Å². The predicted octanol–water partition coefficient (Wildman–Crippen LogP) is 8.43. The van der Waals surface area contributed by atoms with E-state index in [0.29, 0.717) is 45.9 Å². The minimum Gasteiger partial charge on any atom is -0.357 e. The van der Waals surface area contributed by atoms with Crippen LogP contribution in [-0.2, 0) is 19.5 Å². The quantitative estimate of drug-likeness (QED) is 0.147. The molecule has 0 saturated carbocycles. The maximum Gasteiger partial charge on any atom is 2.00 e. The van der Waals surface area contributed by atoms with Crippen molar-refractivity contribution < 1.29 is 19.5 Å². The van der Waals surface area contributed by atoms with E-state index in [1.54, 1.807) is 0 Å². The molecule has 9 aromatic rings. The molecular formula is C40H20N8Zn. The fourth-order valence-corrected chi connectivity index (χ4v) is 6.93. The van der Waals surface area contributed by atoms with Crippen LogP contribution in [0.3, 0.4) is 0 Å². The molecule has 0 fully saturated rings. The topological polar surface area (TPSA) is 106 Å². The molecule has 11 rings (SSSR count). The van der Waals surface area contributed by atoms with Crippen molar-refractivity contribution in [2.24, 2.45) is 0 Å². The van der Waals surface area contributed by atoms with Crippen LogP contribution >= 0.6 is 0 Å². The van der Waals surface area contributed by atoms with E-state index in [9.17, 15) is 0 Å². The van der Waals surface area contributed by atoms with Crippen LogP contribution in [-0.4, -0.2) is 29.9 Å². The summed E-state index contributed by atoms with van der Waals surface area (Å²) in [4.78, 5) is 40.4. The molecule has 0 unspecified atom stereocenters. The van der Waals surface area contributed by atoms with Gasteiger partial charge in [0, 0.05) is 44.8 Å². The van der Waals surface area contributed by atoms with Gasteiger partial charge >= 0.3 is 19.5 Å². The van der Waals surface area contributed by atoms with Gasteiger partial charge in [-0.2, -0.15) is 0 Å². The summed E-state index contributed by atoms with van der Waals surface area (Å²) in [6.07, 6.45) is 0. The summed E-state index contributed by atoms with van der Waals surface area (Å²) in [7, 11) is 0. The molecule has 0 spiro atoms. The van der Waals surface area contributed by atoms with Crippen LogP contribution in [0.25, 0.3) is 111 Å². The van der Waals surface area contributed by atoms with Crippen molar-refractivity contribution in [2.75, 3.05) is 0 Å². The molecule has 0 N–H and O–H groups in total. The second kappa shape index (κ2) is 10.4. The van der Waals surface area contributed by atoms with E-state index < -0.39 is 0 Å². The molecule has 0 saturated heterocycles. The zero-order chi connectivity index (χ0) is 31.3. The summed E-state index contributed by atoms with van der Waals surface area (Å²) in [6, 6.07) is 41.1. The Morgan fingerprint density at radius 1 is 0.306 bits per heavy atom. The number of fused-ring (bicyclic) bond motifs is 22. The molecule has 0 atom stereocenters. The maximum absolute atomic E-state index is 5.10. The number of nitrogens with zero attached hydrogens (tertiary/aromatic N) is 8. The molecule has 5 heterocycles. The van der Waals surface area contributed by atoms with Gasteiger partial charge in [-0.1, -0.05) is 97.1 Å². The van der Waals surface area contributed by atoms with Gasteiger partial charge in [-0.25, -0.2) is 9.97 Å². The van der Waals surface area contributed by atoms with Gasteiger partial charge in [0.2, 0.25) is 0 Å². The van der Waals surface area contributed by atoms with Crippen molar-refractivity contribution in [3.63, 3.8) is 0 Å². The Labute approximate surface area is 290 Å². The number of hydrogen-bond acceptors (Lipinski definition) is 6. The van der Waals surface area contributed by atoms with Crippen molar-refractivity contribution in [1.29, 1.82) is 0 Å². The van der Waals surface area contributed by atoms with Crippen LogP contribution in [0.4, 0.5) is 0 Å². The molecule has 8 bridgehead atoms. The number of benzene rings is 6. The van der Waals surface area contributed by atoms with Crippen LogP contribution in [0.15, 0.2) is 121 Å². The third kappa shape index (κ3) is 4.19. The zero-order valence-electron chi connectivity index (χ0n) is 25.8. The van der Waals surface area contributed by atoms with Crippen LogP contribution in [0.1, 0.15) is 0 Å². The zero-order valence-corrected chi connectivity index (χ0v) is 28.8. The Morgan fingerprint density at radius 2 is 0.551 bits per heavy atom. The molecule has 0 amide bonds. The van der Waals surface area contributed by atoms with E-state index in [0.717, 1.165) is 65.3 Å². The normalized spacial score (nSPS) is 11.9. The van der Waals surface area contributed by atoms with Crippen molar-refractivity contribution in [3.8, 4) is 45.6 Å². The predicted molar refractivity (Wildman–Crippen MR) is 189 cm³/mol. The smallest absolute Gasteiger partial charge is 0.357 e. The molecule has 8 nitrogen and oxygen atoms in total. The fourth-order valence-electron chi connectivity index (χ4n) is 6.93. The Balaban J connectivity index is 0.00000306. The minimum atomic E-state index is 0. The molecule has 2 aliphatic heterocycles. The molecule has 0 radical (unpaired) electrons. The number of rotatable bonds is 0. The Morgan fingerprint density at radius 3 is 0.816 bits per heavy atom. The SMILES string of the molecule is [Zn+2].c1ccc2c(c1)-c1nc-2nc2[n-]c(nc3nc(nc4[n-]c(n1)c1cc5ccccc5cc41)-c1ccccc1-3)c1cc3ccccc3cc21. The van der Waals surface area contributed by atoms with E-state index in [2.05, 4.69) is 48.5 Å². The van der Waals surface area contributed by atoms with Crippen LogP contribution in [0.5, 0.6) is 0 Å². The molecule has 9 heteroatoms. The van der Waals surface area contributed by atoms with Crippen LogP contribution in [0.2, 0.25) is 0 Å². The fraction of sp³-hybridized carbons (Fsp3) is 0. The Kier molecular flexibility index (Phi) is 5.93. The first-order chi connectivity index (χ1) is 23.7. The van der Waals surface area contributed by atoms with E-state index in [1.807, 2.05) is 72.8 Å². The molecule has 6 aromatic carbocycles. The van der Waals surface area contributed by atoms with E-state index in [-0.39, 0.29) is 19.5 Å². The van der Waals surface area contributed by atoms with Crippen molar-refractivity contribution in [3.05, 3.63) is 121 Å². The average molecular weight is 678 g/mol. The van der Waals surface area contributed by atoms with Gasteiger partial charge in [0.15, 0.2) is 0 Å². The molecular weight excluding hydrogens is 658 g/mol. The summed E-state index contributed by atoms with van der Waals surface area (Å²) in [5.74, 6) is 2.17. The second-order valence-electron chi connectivity index (χ2n) is 12.1. The van der Waals surface area contributed by atoms with E-state index in [4.69, 9.17) is 39.9 Å². The molecule has 49 heavy (non-hydrogen) atoms. The minimum absolute atomic E-state index is 0. The van der Waals surface area contributed by atoms with Gasteiger partial charge in [0.25, 0.3) is 0 Å². The van der Waals surface area contributed by atoms with Gasteiger partial charge in [0.1, 0.15) is 0 Å². The summed E-state index contributed by atoms with van der Waals surface area (Å²) in [5.41, 5.74) is 5.71. The Bertz CT molecular complexity index is 2630. The van der Waals surface area contributed by atoms with Gasteiger partial charge in [-0.15, -0.1) is 0 Å². The number of hydrogen-bond donors (Lipinski definition) is 0. The van der Waals surface area contributed by atoms with Gasteiger partial charge in [-0.05, 0) is 67.4 Å². The monoisotopic (exact) mass is 676 g/mol. The first-order valence-electron chi connectivity index (χ1n) is 15.7. The third-order valence-corrected chi connectivity index (χ3v) is 9.25. The summed E-state index contributed by atoms with van der Waals surface area (Å²) in [5, 5.41) is 7.95. The standard InChI is InChI=1S/C40H20N8.Zn/c1-2-10-22-18-30-29(17-21(22)9-1)37-43-33-25-13-5-6-14-26(25)35(41-33)45-39-31-19-23-11-3-4-12-24(23)20-32(31)40(48-39)46-36-28-16-8-7-15-27(28)34(42-36)44-38(30)47-37;/h1-20H;/q-2;+2. The Hall–Kier alpha value is -6.18.